The molecular weight excluding hydrogens is 478 g/mol. The molecule has 4 aromatic carbocycles. The van der Waals surface area contributed by atoms with Gasteiger partial charge in [0.15, 0.2) is 0 Å². The molecule has 192 valence electrons. The van der Waals surface area contributed by atoms with E-state index in [0.29, 0.717) is 0 Å². The normalized spacial score (nSPS) is 11.1. The Kier molecular flexibility index (Phi) is 6.33. The van der Waals surface area contributed by atoms with Crippen LogP contribution in [0, 0.1) is 20.8 Å². The van der Waals surface area contributed by atoms with Gasteiger partial charge in [0.2, 0.25) is 5.95 Å². The van der Waals surface area contributed by atoms with Crippen molar-refractivity contribution in [3.63, 3.8) is 0 Å². The first kappa shape index (κ1) is 24.4. The number of aryl methyl sites for hydroxylation is 4. The molecule has 5 heteroatoms. The van der Waals surface area contributed by atoms with Gasteiger partial charge in [-0.1, -0.05) is 78.4 Å². The summed E-state index contributed by atoms with van der Waals surface area (Å²) in [5.41, 5.74) is 11.0. The third kappa shape index (κ3) is 4.75. The van der Waals surface area contributed by atoms with Crippen molar-refractivity contribution in [2.45, 2.75) is 20.8 Å². The van der Waals surface area contributed by atoms with Crippen LogP contribution < -0.4 is 4.90 Å². The Morgan fingerprint density at radius 3 is 2.00 bits per heavy atom. The Balaban J connectivity index is 1.42. The fraction of sp³-hybridized carbons (Fsp3) is 0.118. The Bertz CT molecular complexity index is 1720. The average molecular weight is 510 g/mol. The van der Waals surface area contributed by atoms with Crippen LogP contribution >= 0.6 is 0 Å². The Labute approximate surface area is 229 Å². The molecule has 0 radical (unpaired) electrons. The highest BCUT2D eigenvalue weighted by Crippen LogP contribution is 2.36. The van der Waals surface area contributed by atoms with Crippen molar-refractivity contribution in [3.05, 3.63) is 132 Å². The number of benzene rings is 4. The van der Waals surface area contributed by atoms with Crippen molar-refractivity contribution in [1.82, 2.24) is 19.1 Å². The molecular formula is C34H31N5. The lowest BCUT2D eigenvalue weighted by atomic mass is 10.1. The summed E-state index contributed by atoms with van der Waals surface area (Å²) in [6.45, 7) is 6.45. The molecule has 0 fully saturated rings. The summed E-state index contributed by atoms with van der Waals surface area (Å²) >= 11 is 0. The van der Waals surface area contributed by atoms with Crippen molar-refractivity contribution in [1.29, 1.82) is 0 Å². The predicted octanol–water partition coefficient (Wildman–Crippen LogP) is 8.33. The maximum Gasteiger partial charge on any atom is 0.215 e. The number of para-hydroxylation sites is 1. The van der Waals surface area contributed by atoms with Crippen molar-refractivity contribution in [2.75, 3.05) is 4.90 Å². The van der Waals surface area contributed by atoms with Gasteiger partial charge in [-0.05, 0) is 56.2 Å². The van der Waals surface area contributed by atoms with E-state index in [4.69, 9.17) is 9.97 Å². The van der Waals surface area contributed by atoms with Crippen molar-refractivity contribution in [3.8, 4) is 28.2 Å². The Hall–Kier alpha value is -4.90. The van der Waals surface area contributed by atoms with Crippen molar-refractivity contribution >= 4 is 17.3 Å². The van der Waals surface area contributed by atoms with Crippen molar-refractivity contribution in [2.24, 2.45) is 7.05 Å². The summed E-state index contributed by atoms with van der Waals surface area (Å²) in [5, 5.41) is 0. The van der Waals surface area contributed by atoms with Gasteiger partial charge < -0.3 is 9.13 Å². The second-order valence-corrected chi connectivity index (χ2v) is 10.0. The molecule has 5 nitrogen and oxygen atoms in total. The van der Waals surface area contributed by atoms with Crippen LogP contribution in [0.2, 0.25) is 0 Å². The highest BCUT2D eigenvalue weighted by Gasteiger charge is 2.19. The van der Waals surface area contributed by atoms with E-state index in [1.54, 1.807) is 0 Å². The molecule has 0 aliphatic rings. The summed E-state index contributed by atoms with van der Waals surface area (Å²) in [6.07, 6.45) is 6.11. The standard InChI is InChI=1S/C34H31N5/c1-24-18-25(2)33(26(3)19-24)38-22-31(35-23-38)28-14-11-17-30(20-28)39(29-15-9-6-10-16-29)34-36-32(21-37(34)4)27-12-7-5-8-13-27/h5-23H,1-4H3. The molecule has 0 saturated carbocycles. The van der Waals surface area contributed by atoms with Gasteiger partial charge in [-0.3, -0.25) is 4.90 Å². The van der Waals surface area contributed by atoms with E-state index in [1.165, 1.54) is 22.4 Å². The minimum absolute atomic E-state index is 0.841. The molecule has 0 atom stereocenters. The first-order valence-electron chi connectivity index (χ1n) is 13.1. The zero-order chi connectivity index (χ0) is 26.9. The van der Waals surface area contributed by atoms with E-state index >= 15 is 0 Å². The minimum atomic E-state index is 0.841. The van der Waals surface area contributed by atoms with Crippen LogP contribution in [0.3, 0.4) is 0 Å². The molecule has 0 bridgehead atoms. The lowest BCUT2D eigenvalue weighted by Gasteiger charge is -2.24. The molecule has 0 spiro atoms. The molecule has 2 aromatic heterocycles. The lowest BCUT2D eigenvalue weighted by molar-refractivity contribution is 0.897. The molecule has 0 unspecified atom stereocenters. The SMILES string of the molecule is Cc1cc(C)c(-n2cnc(-c3cccc(N(c4ccccc4)c4nc(-c5ccccc5)cn4C)c3)c2)c(C)c1. The molecule has 39 heavy (non-hydrogen) atoms. The molecule has 0 saturated heterocycles. The maximum absolute atomic E-state index is 5.07. The van der Waals surface area contributed by atoms with Gasteiger partial charge in [-0.25, -0.2) is 9.97 Å². The fourth-order valence-electron chi connectivity index (χ4n) is 5.35. The van der Waals surface area contributed by atoms with E-state index < -0.39 is 0 Å². The predicted molar refractivity (Wildman–Crippen MR) is 160 cm³/mol. The molecule has 6 rings (SSSR count). The quantitative estimate of drug-likeness (QED) is 0.226. The smallest absolute Gasteiger partial charge is 0.215 e. The second-order valence-electron chi connectivity index (χ2n) is 10.0. The molecule has 0 aliphatic carbocycles. The summed E-state index contributed by atoms with van der Waals surface area (Å²) < 4.78 is 4.21. The van der Waals surface area contributed by atoms with Crippen LogP contribution in [0.1, 0.15) is 16.7 Å². The number of aromatic nitrogens is 4. The molecule has 2 heterocycles. The number of anilines is 3. The molecule has 0 amide bonds. The zero-order valence-electron chi connectivity index (χ0n) is 22.7. The van der Waals surface area contributed by atoms with Gasteiger partial charge in [0, 0.05) is 41.9 Å². The number of hydrogen-bond acceptors (Lipinski definition) is 3. The first-order chi connectivity index (χ1) is 19.0. The highest BCUT2D eigenvalue weighted by atomic mass is 15.3. The Morgan fingerprint density at radius 1 is 0.641 bits per heavy atom. The summed E-state index contributed by atoms with van der Waals surface area (Å²) in [4.78, 5) is 12.1. The fourth-order valence-corrected chi connectivity index (χ4v) is 5.35. The number of rotatable bonds is 6. The van der Waals surface area contributed by atoms with E-state index in [-0.39, 0.29) is 0 Å². The van der Waals surface area contributed by atoms with Crippen LogP contribution in [0.15, 0.2) is 116 Å². The number of nitrogens with zero attached hydrogens (tertiary/aromatic N) is 5. The highest BCUT2D eigenvalue weighted by molar-refractivity contribution is 5.78. The number of imidazole rings is 2. The number of hydrogen-bond donors (Lipinski definition) is 0. The zero-order valence-corrected chi connectivity index (χ0v) is 22.7. The summed E-state index contributed by atoms with van der Waals surface area (Å²) in [5.74, 6) is 0.841. The second kappa shape index (κ2) is 10.1. The molecule has 0 aliphatic heterocycles. The third-order valence-electron chi connectivity index (χ3n) is 7.01. The molecule has 6 aromatic rings. The first-order valence-corrected chi connectivity index (χ1v) is 13.1. The third-order valence-corrected chi connectivity index (χ3v) is 7.01. The van der Waals surface area contributed by atoms with Crippen molar-refractivity contribution < 1.29 is 0 Å². The van der Waals surface area contributed by atoms with E-state index in [2.05, 4.69) is 120 Å². The Morgan fingerprint density at radius 2 is 1.28 bits per heavy atom. The molecule has 0 N–H and O–H groups in total. The largest absolute Gasteiger partial charge is 0.319 e. The van der Waals surface area contributed by atoms with Gasteiger partial charge >= 0.3 is 0 Å². The van der Waals surface area contributed by atoms with E-state index in [9.17, 15) is 0 Å². The van der Waals surface area contributed by atoms with Gasteiger partial charge in [-0.15, -0.1) is 0 Å². The van der Waals surface area contributed by atoms with Crippen LogP contribution in [-0.2, 0) is 7.05 Å². The van der Waals surface area contributed by atoms with Crippen LogP contribution in [0.4, 0.5) is 17.3 Å². The maximum atomic E-state index is 5.07. The van der Waals surface area contributed by atoms with E-state index in [0.717, 1.165) is 39.8 Å². The topological polar surface area (TPSA) is 38.9 Å². The van der Waals surface area contributed by atoms with Gasteiger partial charge in [0.1, 0.15) is 0 Å². The van der Waals surface area contributed by atoms with Crippen LogP contribution in [0.25, 0.3) is 28.2 Å². The van der Waals surface area contributed by atoms with Gasteiger partial charge in [0.05, 0.1) is 23.4 Å². The van der Waals surface area contributed by atoms with E-state index in [1.807, 2.05) is 37.6 Å². The summed E-state index contributed by atoms with van der Waals surface area (Å²) in [7, 11) is 2.04. The van der Waals surface area contributed by atoms with Gasteiger partial charge in [-0.2, -0.15) is 0 Å². The van der Waals surface area contributed by atoms with Gasteiger partial charge in [0.25, 0.3) is 0 Å². The lowest BCUT2D eigenvalue weighted by Crippen LogP contribution is -2.14. The average Bonchev–Trinajstić information content (AvgIpc) is 3.57. The van der Waals surface area contributed by atoms with Crippen LogP contribution in [0.5, 0.6) is 0 Å². The minimum Gasteiger partial charge on any atom is -0.319 e. The summed E-state index contributed by atoms with van der Waals surface area (Å²) in [6, 6.07) is 33.6. The monoisotopic (exact) mass is 509 g/mol. The van der Waals surface area contributed by atoms with Crippen LogP contribution in [-0.4, -0.2) is 19.1 Å².